The van der Waals surface area contributed by atoms with Gasteiger partial charge >= 0.3 is 5.97 Å². The molecule has 2 rings (SSSR count). The number of Topliss-reactive ketones (excluding diaryl/α,β-unsaturated/α-hetero) is 2. The van der Waals surface area contributed by atoms with Crippen molar-refractivity contribution in [1.29, 1.82) is 0 Å². The molecule has 22 heavy (non-hydrogen) atoms. The molecule has 0 atom stereocenters. The molecule has 0 aliphatic heterocycles. The molecule has 2 aromatic rings. The van der Waals surface area contributed by atoms with E-state index in [-0.39, 0.29) is 18.2 Å². The van der Waals surface area contributed by atoms with E-state index in [1.165, 1.54) is 13.8 Å². The molecule has 5 heteroatoms. The Labute approximate surface area is 128 Å². The van der Waals surface area contributed by atoms with Crippen LogP contribution in [-0.2, 0) is 11.3 Å². The van der Waals surface area contributed by atoms with Crippen LogP contribution in [0.25, 0.3) is 0 Å². The second-order valence-electron chi connectivity index (χ2n) is 5.03. The number of benzene rings is 1. The first-order valence-electron chi connectivity index (χ1n) is 6.87. The summed E-state index contributed by atoms with van der Waals surface area (Å²) in [7, 11) is 0. The number of ether oxygens (including phenoxy) is 1. The molecular weight excluding hydrogens is 282 g/mol. The van der Waals surface area contributed by atoms with Crippen molar-refractivity contribution in [3.63, 3.8) is 0 Å². The molecular formula is C17H17NO4. The van der Waals surface area contributed by atoms with Gasteiger partial charge in [-0.15, -0.1) is 0 Å². The molecule has 1 aromatic heterocycles. The molecule has 1 N–H and O–H groups in total. The van der Waals surface area contributed by atoms with Crippen LogP contribution in [0.4, 0.5) is 0 Å². The predicted molar refractivity (Wildman–Crippen MR) is 81.1 cm³/mol. The summed E-state index contributed by atoms with van der Waals surface area (Å²) >= 11 is 0. The zero-order chi connectivity index (χ0) is 16.3. The molecule has 0 radical (unpaired) electrons. The van der Waals surface area contributed by atoms with Gasteiger partial charge in [0.15, 0.2) is 11.6 Å². The lowest BCUT2D eigenvalue weighted by Gasteiger charge is -2.05. The molecule has 0 saturated carbocycles. The highest BCUT2D eigenvalue weighted by Gasteiger charge is 2.20. The van der Waals surface area contributed by atoms with Gasteiger partial charge in [-0.2, -0.15) is 0 Å². The summed E-state index contributed by atoms with van der Waals surface area (Å²) in [6, 6.07) is 8.58. The van der Waals surface area contributed by atoms with E-state index in [2.05, 4.69) is 4.98 Å². The van der Waals surface area contributed by atoms with Crippen LogP contribution in [0.15, 0.2) is 30.3 Å². The maximum absolute atomic E-state index is 11.9. The van der Waals surface area contributed by atoms with Crippen molar-refractivity contribution in [2.45, 2.75) is 27.4 Å². The highest BCUT2D eigenvalue weighted by atomic mass is 16.5. The molecule has 0 saturated heterocycles. The topological polar surface area (TPSA) is 76.2 Å². The fourth-order valence-electron chi connectivity index (χ4n) is 2.39. The van der Waals surface area contributed by atoms with E-state index in [1.54, 1.807) is 37.3 Å². The number of ketones is 2. The number of aromatic amines is 1. The maximum atomic E-state index is 11.9. The first kappa shape index (κ1) is 15.7. The lowest BCUT2D eigenvalue weighted by atomic mass is 10.1. The minimum absolute atomic E-state index is 0.0865. The van der Waals surface area contributed by atoms with Gasteiger partial charge in [0.1, 0.15) is 6.61 Å². The number of hydrogen-bond donors (Lipinski definition) is 1. The van der Waals surface area contributed by atoms with Gasteiger partial charge < -0.3 is 9.72 Å². The van der Waals surface area contributed by atoms with Crippen LogP contribution in [-0.4, -0.2) is 22.5 Å². The van der Waals surface area contributed by atoms with Gasteiger partial charge in [0.2, 0.25) is 0 Å². The summed E-state index contributed by atoms with van der Waals surface area (Å²) in [6.45, 7) is 4.45. The molecule has 5 nitrogen and oxygen atoms in total. The standard InChI is InChI=1S/C17H17NO4/c1-10-15(11(2)19)14(18-16(10)12(3)20)9-22-17(21)13-7-5-4-6-8-13/h4-8,18H,9H2,1-3H3. The first-order valence-corrected chi connectivity index (χ1v) is 6.87. The highest BCUT2D eigenvalue weighted by molar-refractivity contribution is 6.02. The number of nitrogens with one attached hydrogen (secondary N) is 1. The van der Waals surface area contributed by atoms with Crippen LogP contribution < -0.4 is 0 Å². The van der Waals surface area contributed by atoms with Crippen molar-refractivity contribution >= 4 is 17.5 Å². The Bertz CT molecular complexity index is 729. The molecule has 0 aliphatic rings. The third-order valence-electron chi connectivity index (χ3n) is 3.39. The van der Waals surface area contributed by atoms with Gasteiger partial charge in [-0.25, -0.2) is 4.79 Å². The summed E-state index contributed by atoms with van der Waals surface area (Å²) < 4.78 is 5.22. The lowest BCUT2D eigenvalue weighted by Crippen LogP contribution is -2.07. The number of hydrogen-bond acceptors (Lipinski definition) is 4. The smallest absolute Gasteiger partial charge is 0.338 e. The molecule has 0 amide bonds. The minimum Gasteiger partial charge on any atom is -0.456 e. The van der Waals surface area contributed by atoms with Gasteiger partial charge in [-0.3, -0.25) is 9.59 Å². The van der Waals surface area contributed by atoms with Crippen molar-refractivity contribution in [2.75, 3.05) is 0 Å². The van der Waals surface area contributed by atoms with Crippen LogP contribution in [0.5, 0.6) is 0 Å². The molecule has 114 valence electrons. The van der Waals surface area contributed by atoms with Crippen LogP contribution in [0.1, 0.15) is 56.3 Å². The Hall–Kier alpha value is -2.69. The van der Waals surface area contributed by atoms with E-state index < -0.39 is 5.97 Å². The van der Waals surface area contributed by atoms with Gasteiger partial charge in [-0.05, 0) is 31.5 Å². The van der Waals surface area contributed by atoms with Crippen LogP contribution in [0, 0.1) is 6.92 Å². The minimum atomic E-state index is -0.480. The lowest BCUT2D eigenvalue weighted by molar-refractivity contribution is 0.0466. The Balaban J connectivity index is 2.23. The summed E-state index contributed by atoms with van der Waals surface area (Å²) in [5.74, 6) is -0.820. The van der Waals surface area contributed by atoms with Gasteiger partial charge in [0.25, 0.3) is 0 Å². The SMILES string of the molecule is CC(=O)c1[nH]c(COC(=O)c2ccccc2)c(C(C)=O)c1C. The molecule has 0 aliphatic carbocycles. The average Bonchev–Trinajstić information content (AvgIpc) is 2.82. The number of H-pyrrole nitrogens is 1. The van der Waals surface area contributed by atoms with E-state index in [0.717, 1.165) is 0 Å². The largest absolute Gasteiger partial charge is 0.456 e. The monoisotopic (exact) mass is 299 g/mol. The van der Waals surface area contributed by atoms with E-state index in [0.29, 0.717) is 28.1 Å². The summed E-state index contributed by atoms with van der Waals surface area (Å²) in [5, 5.41) is 0. The number of carbonyl (C=O) groups is 3. The third kappa shape index (κ3) is 3.14. The predicted octanol–water partition coefficient (Wildman–Crippen LogP) is 3.09. The average molecular weight is 299 g/mol. The Morgan fingerprint density at radius 1 is 1.05 bits per heavy atom. The zero-order valence-electron chi connectivity index (χ0n) is 12.7. The van der Waals surface area contributed by atoms with E-state index >= 15 is 0 Å². The third-order valence-corrected chi connectivity index (χ3v) is 3.39. The fraction of sp³-hybridized carbons (Fsp3) is 0.235. The molecule has 1 aromatic carbocycles. The van der Waals surface area contributed by atoms with E-state index in [9.17, 15) is 14.4 Å². The van der Waals surface area contributed by atoms with Crippen LogP contribution >= 0.6 is 0 Å². The molecule has 1 heterocycles. The Kier molecular flexibility index (Phi) is 4.56. The fourth-order valence-corrected chi connectivity index (χ4v) is 2.39. The van der Waals surface area contributed by atoms with E-state index in [1.807, 2.05) is 0 Å². The van der Waals surface area contributed by atoms with Crippen molar-refractivity contribution in [2.24, 2.45) is 0 Å². The van der Waals surface area contributed by atoms with Crippen LogP contribution in [0.2, 0.25) is 0 Å². The second-order valence-corrected chi connectivity index (χ2v) is 5.03. The number of aromatic nitrogens is 1. The van der Waals surface area contributed by atoms with Gasteiger partial charge in [0, 0.05) is 12.5 Å². The normalized spacial score (nSPS) is 10.3. The second kappa shape index (κ2) is 6.39. The Morgan fingerprint density at radius 2 is 1.68 bits per heavy atom. The molecule has 0 fully saturated rings. The number of esters is 1. The molecule has 0 bridgehead atoms. The van der Waals surface area contributed by atoms with Crippen molar-refractivity contribution in [1.82, 2.24) is 4.98 Å². The number of rotatable bonds is 5. The van der Waals surface area contributed by atoms with Crippen molar-refractivity contribution in [3.8, 4) is 0 Å². The molecule has 0 unspecified atom stereocenters. The van der Waals surface area contributed by atoms with Gasteiger partial charge in [0.05, 0.1) is 17.0 Å². The highest BCUT2D eigenvalue weighted by Crippen LogP contribution is 2.21. The Morgan fingerprint density at radius 3 is 2.23 bits per heavy atom. The van der Waals surface area contributed by atoms with Crippen molar-refractivity contribution in [3.05, 3.63) is 58.4 Å². The van der Waals surface area contributed by atoms with Crippen molar-refractivity contribution < 1.29 is 19.1 Å². The van der Waals surface area contributed by atoms with Crippen LogP contribution in [0.3, 0.4) is 0 Å². The zero-order valence-corrected chi connectivity index (χ0v) is 12.7. The number of carbonyl (C=O) groups excluding carboxylic acids is 3. The quantitative estimate of drug-likeness (QED) is 0.680. The maximum Gasteiger partial charge on any atom is 0.338 e. The van der Waals surface area contributed by atoms with E-state index in [4.69, 9.17) is 4.74 Å². The summed E-state index contributed by atoms with van der Waals surface area (Å²) in [5.41, 5.74) is 2.24. The summed E-state index contributed by atoms with van der Waals surface area (Å²) in [6.07, 6.45) is 0. The summed E-state index contributed by atoms with van der Waals surface area (Å²) in [4.78, 5) is 38.2. The molecule has 0 spiro atoms. The first-order chi connectivity index (χ1) is 10.4. The van der Waals surface area contributed by atoms with Gasteiger partial charge in [-0.1, -0.05) is 18.2 Å².